The molecule has 1 aromatic rings. The number of hydrogen-bond acceptors (Lipinski definition) is 3. The largest absolute Gasteiger partial charge is 0.375 e. The Bertz CT molecular complexity index is 540. The molecule has 0 aliphatic carbocycles. The molecule has 5 nitrogen and oxygen atoms in total. The number of nitrogens with zero attached hydrogens (tertiary/aromatic N) is 1. The van der Waals surface area contributed by atoms with Crippen LogP contribution in [0.15, 0.2) is 18.2 Å². The van der Waals surface area contributed by atoms with Crippen molar-refractivity contribution in [2.45, 2.75) is 26.7 Å². The summed E-state index contributed by atoms with van der Waals surface area (Å²) >= 11 is 0. The molecule has 1 N–H and O–H groups in total. The van der Waals surface area contributed by atoms with Gasteiger partial charge >= 0.3 is 0 Å². The minimum Gasteiger partial charge on any atom is -0.375 e. The van der Waals surface area contributed by atoms with Crippen LogP contribution in [0.5, 0.6) is 0 Å². The van der Waals surface area contributed by atoms with Crippen LogP contribution in [0, 0.1) is 5.92 Å². The van der Waals surface area contributed by atoms with Gasteiger partial charge in [-0.15, -0.1) is 0 Å². The van der Waals surface area contributed by atoms with Gasteiger partial charge in [0, 0.05) is 30.9 Å². The van der Waals surface area contributed by atoms with Crippen LogP contribution in [0.4, 0.5) is 11.4 Å². The van der Waals surface area contributed by atoms with Crippen LogP contribution in [-0.4, -0.2) is 32.1 Å². The summed E-state index contributed by atoms with van der Waals surface area (Å²) in [5, 5.41) is 2.78. The van der Waals surface area contributed by atoms with Gasteiger partial charge in [0.25, 0.3) is 0 Å². The van der Waals surface area contributed by atoms with Crippen LogP contribution in [0.25, 0.3) is 0 Å². The molecule has 21 heavy (non-hydrogen) atoms. The summed E-state index contributed by atoms with van der Waals surface area (Å²) in [7, 11) is 1.48. The normalized spacial score (nSPS) is 14.0. The quantitative estimate of drug-likeness (QED) is 0.925. The average molecular weight is 290 g/mol. The number of anilines is 2. The van der Waals surface area contributed by atoms with Gasteiger partial charge in [0.05, 0.1) is 0 Å². The van der Waals surface area contributed by atoms with Crippen molar-refractivity contribution in [3.8, 4) is 0 Å². The lowest BCUT2D eigenvalue weighted by molar-refractivity contribution is -0.121. The van der Waals surface area contributed by atoms with Crippen LogP contribution < -0.4 is 10.2 Å². The fourth-order valence-electron chi connectivity index (χ4n) is 2.52. The maximum Gasteiger partial charge on any atom is 0.250 e. The Hall–Kier alpha value is -1.88. The highest BCUT2D eigenvalue weighted by molar-refractivity contribution is 5.97. The highest BCUT2D eigenvalue weighted by atomic mass is 16.5. The number of amides is 2. The molecule has 5 heteroatoms. The van der Waals surface area contributed by atoms with E-state index in [1.54, 1.807) is 0 Å². The summed E-state index contributed by atoms with van der Waals surface area (Å²) in [6, 6.07) is 5.73. The second-order valence-electron chi connectivity index (χ2n) is 5.57. The van der Waals surface area contributed by atoms with Crippen molar-refractivity contribution in [3.05, 3.63) is 23.8 Å². The number of methoxy groups -OCH3 is 1. The Morgan fingerprint density at radius 1 is 1.38 bits per heavy atom. The number of carbonyl (C=O) groups is 2. The maximum atomic E-state index is 12.3. The first-order valence-corrected chi connectivity index (χ1v) is 7.26. The average Bonchev–Trinajstić information content (AvgIpc) is 2.46. The highest BCUT2D eigenvalue weighted by Crippen LogP contribution is 2.31. The lowest BCUT2D eigenvalue weighted by Gasteiger charge is -2.31. The molecule has 1 aromatic carbocycles. The number of hydrogen-bond donors (Lipinski definition) is 1. The van der Waals surface area contributed by atoms with Gasteiger partial charge < -0.3 is 15.0 Å². The Kier molecular flexibility index (Phi) is 4.96. The number of ether oxygens (including phenoxy) is 1. The molecule has 0 aromatic heterocycles. The standard InChI is InChI=1S/C16H22N2O3/c1-11(2)16(20)18-8-4-5-12-6-7-13(9-14(12)18)17-15(19)10-21-3/h6-7,9,11H,4-5,8,10H2,1-3H3,(H,17,19). The van der Waals surface area contributed by atoms with E-state index in [1.807, 2.05) is 36.9 Å². The van der Waals surface area contributed by atoms with E-state index >= 15 is 0 Å². The number of benzene rings is 1. The van der Waals surface area contributed by atoms with E-state index in [4.69, 9.17) is 4.74 Å². The molecule has 2 rings (SSSR count). The number of rotatable bonds is 4. The Morgan fingerprint density at radius 2 is 2.14 bits per heavy atom. The Labute approximate surface area is 125 Å². The van der Waals surface area contributed by atoms with E-state index in [-0.39, 0.29) is 24.3 Å². The van der Waals surface area contributed by atoms with Crippen molar-refractivity contribution in [2.75, 3.05) is 30.5 Å². The van der Waals surface area contributed by atoms with Crippen molar-refractivity contribution in [2.24, 2.45) is 5.92 Å². The summed E-state index contributed by atoms with van der Waals surface area (Å²) < 4.78 is 4.80. The summed E-state index contributed by atoms with van der Waals surface area (Å²) in [4.78, 5) is 25.7. The fourth-order valence-corrected chi connectivity index (χ4v) is 2.52. The molecule has 0 radical (unpaired) electrons. The van der Waals surface area contributed by atoms with Crippen molar-refractivity contribution in [3.63, 3.8) is 0 Å². The summed E-state index contributed by atoms with van der Waals surface area (Å²) in [5.41, 5.74) is 2.76. The van der Waals surface area contributed by atoms with Crippen LogP contribution in [-0.2, 0) is 20.7 Å². The third-order valence-electron chi connectivity index (χ3n) is 3.52. The second kappa shape index (κ2) is 6.72. The predicted molar refractivity (Wildman–Crippen MR) is 82.5 cm³/mol. The lowest BCUT2D eigenvalue weighted by atomic mass is 9.99. The van der Waals surface area contributed by atoms with Crippen molar-refractivity contribution < 1.29 is 14.3 Å². The number of nitrogens with one attached hydrogen (secondary N) is 1. The predicted octanol–water partition coefficient (Wildman–Crippen LogP) is 2.21. The molecule has 1 aliphatic rings. The second-order valence-corrected chi connectivity index (χ2v) is 5.57. The minimum absolute atomic E-state index is 0.0196. The van der Waals surface area contributed by atoms with Crippen LogP contribution in [0.3, 0.4) is 0 Å². The van der Waals surface area contributed by atoms with E-state index in [0.717, 1.165) is 30.6 Å². The molecule has 0 atom stereocenters. The molecule has 1 aliphatic heterocycles. The van der Waals surface area contributed by atoms with Gasteiger partial charge in [-0.2, -0.15) is 0 Å². The first-order chi connectivity index (χ1) is 10.0. The summed E-state index contributed by atoms with van der Waals surface area (Å²) in [6.45, 7) is 4.56. The molecule has 0 unspecified atom stereocenters. The number of aryl methyl sites for hydroxylation is 1. The van der Waals surface area contributed by atoms with Crippen LogP contribution in [0.2, 0.25) is 0 Å². The van der Waals surface area contributed by atoms with Crippen molar-refractivity contribution in [1.29, 1.82) is 0 Å². The zero-order valence-corrected chi connectivity index (χ0v) is 12.8. The van der Waals surface area contributed by atoms with E-state index in [0.29, 0.717) is 5.69 Å². The van der Waals surface area contributed by atoms with E-state index < -0.39 is 0 Å². The van der Waals surface area contributed by atoms with Crippen LogP contribution in [0.1, 0.15) is 25.8 Å². The summed E-state index contributed by atoms with van der Waals surface area (Å²) in [5.74, 6) is -0.117. The third kappa shape index (κ3) is 3.61. The van der Waals surface area contributed by atoms with E-state index in [2.05, 4.69) is 5.32 Å². The first kappa shape index (κ1) is 15.5. The van der Waals surface area contributed by atoms with Gasteiger partial charge in [-0.3, -0.25) is 9.59 Å². The topological polar surface area (TPSA) is 58.6 Å². The smallest absolute Gasteiger partial charge is 0.250 e. The van der Waals surface area contributed by atoms with E-state index in [1.165, 1.54) is 7.11 Å². The molecule has 0 saturated heterocycles. The molecular formula is C16H22N2O3. The number of fused-ring (bicyclic) bond motifs is 1. The summed E-state index contributed by atoms with van der Waals surface area (Å²) in [6.07, 6.45) is 1.93. The Balaban J connectivity index is 2.25. The molecule has 0 spiro atoms. The first-order valence-electron chi connectivity index (χ1n) is 7.26. The van der Waals surface area contributed by atoms with E-state index in [9.17, 15) is 9.59 Å². The van der Waals surface area contributed by atoms with Gasteiger partial charge in [0.15, 0.2) is 0 Å². The zero-order valence-electron chi connectivity index (χ0n) is 12.8. The lowest BCUT2D eigenvalue weighted by Crippen LogP contribution is -2.38. The minimum atomic E-state index is -0.199. The van der Waals surface area contributed by atoms with Crippen LogP contribution >= 0.6 is 0 Å². The monoisotopic (exact) mass is 290 g/mol. The maximum absolute atomic E-state index is 12.3. The van der Waals surface area contributed by atoms with Gasteiger partial charge in [-0.1, -0.05) is 19.9 Å². The molecule has 0 bridgehead atoms. The molecule has 2 amide bonds. The highest BCUT2D eigenvalue weighted by Gasteiger charge is 2.24. The van der Waals surface area contributed by atoms with Gasteiger partial charge in [-0.25, -0.2) is 0 Å². The van der Waals surface area contributed by atoms with Gasteiger partial charge in [0.2, 0.25) is 11.8 Å². The fraction of sp³-hybridized carbons (Fsp3) is 0.500. The zero-order chi connectivity index (χ0) is 15.4. The molecule has 1 heterocycles. The molecule has 0 saturated carbocycles. The third-order valence-corrected chi connectivity index (χ3v) is 3.52. The Morgan fingerprint density at radius 3 is 2.81 bits per heavy atom. The van der Waals surface area contributed by atoms with Gasteiger partial charge in [-0.05, 0) is 30.5 Å². The van der Waals surface area contributed by atoms with Crippen molar-refractivity contribution in [1.82, 2.24) is 0 Å². The molecular weight excluding hydrogens is 268 g/mol. The van der Waals surface area contributed by atoms with Crippen molar-refractivity contribution >= 4 is 23.2 Å². The molecule has 114 valence electrons. The molecule has 0 fully saturated rings. The number of carbonyl (C=O) groups excluding carboxylic acids is 2. The van der Waals surface area contributed by atoms with Gasteiger partial charge in [0.1, 0.15) is 6.61 Å². The SMILES string of the molecule is COCC(=O)Nc1ccc2c(c1)N(C(=O)C(C)C)CCC2.